The Morgan fingerprint density at radius 3 is 2.54 bits per heavy atom. The molecule has 2 aromatic carbocycles. The highest BCUT2D eigenvalue weighted by Crippen LogP contribution is 2.29. The molecular formula is C21H23N3O2. The van der Waals surface area contributed by atoms with E-state index in [0.29, 0.717) is 12.2 Å². The monoisotopic (exact) mass is 349 g/mol. The maximum atomic E-state index is 12.8. The van der Waals surface area contributed by atoms with E-state index >= 15 is 0 Å². The van der Waals surface area contributed by atoms with Crippen molar-refractivity contribution in [2.24, 2.45) is 0 Å². The second-order valence-corrected chi connectivity index (χ2v) is 6.04. The Hall–Kier alpha value is -3.08. The van der Waals surface area contributed by atoms with Gasteiger partial charge in [-0.3, -0.25) is 9.48 Å². The van der Waals surface area contributed by atoms with Crippen LogP contribution in [0.25, 0.3) is 11.3 Å². The van der Waals surface area contributed by atoms with E-state index in [-0.39, 0.29) is 11.9 Å². The van der Waals surface area contributed by atoms with Crippen molar-refractivity contribution in [1.29, 1.82) is 0 Å². The summed E-state index contributed by atoms with van der Waals surface area (Å²) in [6.45, 7) is 4.55. The molecule has 3 rings (SSSR count). The molecular weight excluding hydrogens is 326 g/mol. The predicted molar refractivity (Wildman–Crippen MR) is 102 cm³/mol. The number of hydrogen-bond acceptors (Lipinski definition) is 3. The topological polar surface area (TPSA) is 56.2 Å². The summed E-state index contributed by atoms with van der Waals surface area (Å²) < 4.78 is 7.13. The SMILES string of the molecule is CCn1nc(-c2ccccc2OC)cc1C(=O)N[C@H](C)c1ccccc1. The average molecular weight is 349 g/mol. The minimum absolute atomic E-state index is 0.0846. The largest absolute Gasteiger partial charge is 0.496 e. The van der Waals surface area contributed by atoms with E-state index in [4.69, 9.17) is 4.74 Å². The van der Waals surface area contributed by atoms with Crippen LogP contribution in [0, 0.1) is 0 Å². The second kappa shape index (κ2) is 7.87. The first kappa shape index (κ1) is 17.7. The van der Waals surface area contributed by atoms with Gasteiger partial charge in [0.15, 0.2) is 0 Å². The number of aryl methyl sites for hydroxylation is 1. The van der Waals surface area contributed by atoms with Gasteiger partial charge in [-0.2, -0.15) is 5.10 Å². The summed E-state index contributed by atoms with van der Waals surface area (Å²) in [7, 11) is 1.63. The van der Waals surface area contributed by atoms with Crippen LogP contribution in [0.3, 0.4) is 0 Å². The highest BCUT2D eigenvalue weighted by molar-refractivity contribution is 5.94. The summed E-state index contributed by atoms with van der Waals surface area (Å²) in [6, 6.07) is 19.3. The molecule has 0 bridgehead atoms. The van der Waals surface area contributed by atoms with Crippen molar-refractivity contribution >= 4 is 5.91 Å². The van der Waals surface area contributed by atoms with Crippen LogP contribution in [0.5, 0.6) is 5.75 Å². The number of carbonyl (C=O) groups excluding carboxylic acids is 1. The molecule has 1 aromatic heterocycles. The molecule has 0 saturated heterocycles. The van der Waals surface area contributed by atoms with Gasteiger partial charge >= 0.3 is 0 Å². The van der Waals surface area contributed by atoms with Crippen molar-refractivity contribution in [2.75, 3.05) is 7.11 Å². The number of amides is 1. The Labute approximate surface area is 153 Å². The Bertz CT molecular complexity index is 887. The van der Waals surface area contributed by atoms with Crippen molar-refractivity contribution in [1.82, 2.24) is 15.1 Å². The van der Waals surface area contributed by atoms with E-state index in [9.17, 15) is 4.79 Å². The molecule has 1 heterocycles. The third kappa shape index (κ3) is 3.61. The first-order chi connectivity index (χ1) is 12.6. The second-order valence-electron chi connectivity index (χ2n) is 6.04. The summed E-state index contributed by atoms with van der Waals surface area (Å²) in [5.74, 6) is 0.592. The summed E-state index contributed by atoms with van der Waals surface area (Å²) in [5, 5.41) is 7.63. The van der Waals surface area contributed by atoms with Crippen molar-refractivity contribution in [3.8, 4) is 17.0 Å². The van der Waals surface area contributed by atoms with Gasteiger partial charge in [-0.1, -0.05) is 42.5 Å². The summed E-state index contributed by atoms with van der Waals surface area (Å²) in [5.41, 5.74) is 3.19. The number of nitrogens with zero attached hydrogens (tertiary/aromatic N) is 2. The van der Waals surface area contributed by atoms with E-state index in [1.165, 1.54) is 0 Å². The van der Waals surface area contributed by atoms with Crippen molar-refractivity contribution < 1.29 is 9.53 Å². The van der Waals surface area contributed by atoms with E-state index < -0.39 is 0 Å². The predicted octanol–water partition coefficient (Wildman–Crippen LogP) is 4.07. The molecule has 0 unspecified atom stereocenters. The molecule has 3 aromatic rings. The minimum Gasteiger partial charge on any atom is -0.496 e. The lowest BCUT2D eigenvalue weighted by Crippen LogP contribution is -2.28. The van der Waals surface area contributed by atoms with Gasteiger partial charge < -0.3 is 10.1 Å². The van der Waals surface area contributed by atoms with Crippen LogP contribution in [0.4, 0.5) is 0 Å². The standard InChI is InChI=1S/C21H23N3O2/c1-4-24-19(21(25)22-15(2)16-10-6-5-7-11-16)14-18(23-24)17-12-8-9-13-20(17)26-3/h5-15H,4H2,1-3H3,(H,22,25)/t15-/m1/s1. The molecule has 0 aliphatic rings. The molecule has 0 spiro atoms. The zero-order valence-electron chi connectivity index (χ0n) is 15.3. The summed E-state index contributed by atoms with van der Waals surface area (Å²) in [6.07, 6.45) is 0. The summed E-state index contributed by atoms with van der Waals surface area (Å²) in [4.78, 5) is 12.8. The number of carbonyl (C=O) groups is 1. The normalized spacial score (nSPS) is 11.8. The molecule has 134 valence electrons. The van der Waals surface area contributed by atoms with Gasteiger partial charge in [-0.05, 0) is 37.6 Å². The molecule has 5 heteroatoms. The van der Waals surface area contributed by atoms with E-state index in [1.54, 1.807) is 11.8 Å². The smallest absolute Gasteiger partial charge is 0.270 e. The lowest BCUT2D eigenvalue weighted by molar-refractivity contribution is 0.0929. The highest BCUT2D eigenvalue weighted by atomic mass is 16.5. The maximum Gasteiger partial charge on any atom is 0.270 e. The molecule has 0 saturated carbocycles. The van der Waals surface area contributed by atoms with Crippen LogP contribution < -0.4 is 10.1 Å². The number of hydrogen-bond donors (Lipinski definition) is 1. The molecule has 5 nitrogen and oxygen atoms in total. The number of methoxy groups -OCH3 is 1. The molecule has 26 heavy (non-hydrogen) atoms. The van der Waals surface area contributed by atoms with Crippen molar-refractivity contribution in [2.45, 2.75) is 26.4 Å². The third-order valence-corrected chi connectivity index (χ3v) is 4.34. The Morgan fingerprint density at radius 1 is 1.15 bits per heavy atom. The van der Waals surface area contributed by atoms with Crippen LogP contribution >= 0.6 is 0 Å². The Balaban J connectivity index is 1.88. The van der Waals surface area contributed by atoms with Crippen LogP contribution in [0.15, 0.2) is 60.7 Å². The molecule has 1 atom stereocenters. The zero-order chi connectivity index (χ0) is 18.5. The number of aromatic nitrogens is 2. The minimum atomic E-state index is -0.142. The number of rotatable bonds is 6. The average Bonchev–Trinajstić information content (AvgIpc) is 3.13. The Morgan fingerprint density at radius 2 is 1.85 bits per heavy atom. The van der Waals surface area contributed by atoms with Gasteiger partial charge in [0.25, 0.3) is 5.91 Å². The van der Waals surface area contributed by atoms with Crippen LogP contribution in [0.2, 0.25) is 0 Å². The van der Waals surface area contributed by atoms with Gasteiger partial charge in [-0.25, -0.2) is 0 Å². The van der Waals surface area contributed by atoms with E-state index in [0.717, 1.165) is 22.6 Å². The fourth-order valence-corrected chi connectivity index (χ4v) is 2.92. The molecule has 0 aliphatic heterocycles. The fraction of sp³-hybridized carbons (Fsp3) is 0.238. The maximum absolute atomic E-state index is 12.8. The lowest BCUT2D eigenvalue weighted by atomic mass is 10.1. The fourth-order valence-electron chi connectivity index (χ4n) is 2.92. The number of nitrogens with one attached hydrogen (secondary N) is 1. The highest BCUT2D eigenvalue weighted by Gasteiger charge is 2.19. The van der Waals surface area contributed by atoms with Crippen LogP contribution in [-0.2, 0) is 6.54 Å². The molecule has 1 amide bonds. The lowest BCUT2D eigenvalue weighted by Gasteiger charge is -2.14. The van der Waals surface area contributed by atoms with Crippen LogP contribution in [-0.4, -0.2) is 22.8 Å². The third-order valence-electron chi connectivity index (χ3n) is 4.34. The molecule has 0 radical (unpaired) electrons. The van der Waals surface area contributed by atoms with Gasteiger partial charge in [0.1, 0.15) is 11.4 Å². The van der Waals surface area contributed by atoms with Gasteiger partial charge in [0, 0.05) is 12.1 Å². The first-order valence-electron chi connectivity index (χ1n) is 8.71. The van der Waals surface area contributed by atoms with Crippen molar-refractivity contribution in [3.63, 3.8) is 0 Å². The first-order valence-corrected chi connectivity index (χ1v) is 8.71. The van der Waals surface area contributed by atoms with Crippen LogP contribution in [0.1, 0.15) is 35.9 Å². The van der Waals surface area contributed by atoms with Gasteiger partial charge in [0.05, 0.1) is 18.8 Å². The number of benzene rings is 2. The van der Waals surface area contributed by atoms with Gasteiger partial charge in [-0.15, -0.1) is 0 Å². The van der Waals surface area contributed by atoms with Gasteiger partial charge in [0.2, 0.25) is 0 Å². The van der Waals surface area contributed by atoms with E-state index in [2.05, 4.69) is 10.4 Å². The molecule has 1 N–H and O–H groups in total. The molecule has 0 fully saturated rings. The quantitative estimate of drug-likeness (QED) is 0.730. The summed E-state index contributed by atoms with van der Waals surface area (Å²) >= 11 is 0. The number of ether oxygens (including phenoxy) is 1. The zero-order valence-corrected chi connectivity index (χ0v) is 15.3. The van der Waals surface area contributed by atoms with Crippen molar-refractivity contribution in [3.05, 3.63) is 71.9 Å². The Kier molecular flexibility index (Phi) is 5.37. The van der Waals surface area contributed by atoms with E-state index in [1.807, 2.05) is 74.5 Å². The number of para-hydroxylation sites is 1. The molecule has 0 aliphatic carbocycles.